The van der Waals surface area contributed by atoms with Crippen molar-refractivity contribution in [2.75, 3.05) is 10.6 Å². The molecule has 26 heavy (non-hydrogen) atoms. The number of benzene rings is 1. The molecule has 0 fully saturated rings. The van der Waals surface area contributed by atoms with Crippen LogP contribution in [0.4, 0.5) is 15.9 Å². The summed E-state index contributed by atoms with van der Waals surface area (Å²) >= 11 is 0. The Morgan fingerprint density at radius 3 is 2.81 bits per heavy atom. The zero-order valence-corrected chi connectivity index (χ0v) is 13.9. The minimum absolute atomic E-state index is 0.0142. The molecule has 1 amide bonds. The second kappa shape index (κ2) is 6.43. The summed E-state index contributed by atoms with van der Waals surface area (Å²) in [6.45, 7) is 1.17. The number of aliphatic imine (C=N–C) groups is 1. The Balaban J connectivity index is 2.19. The molecule has 0 spiro atoms. The lowest BCUT2D eigenvalue weighted by molar-refractivity contribution is -0.154. The van der Waals surface area contributed by atoms with Gasteiger partial charge in [0.25, 0.3) is 5.56 Å². The minimum atomic E-state index is -1.85. The van der Waals surface area contributed by atoms with Crippen LogP contribution in [0, 0.1) is 5.82 Å². The van der Waals surface area contributed by atoms with Gasteiger partial charge in [0.1, 0.15) is 17.3 Å². The molecule has 0 saturated heterocycles. The number of hydrogen-bond acceptors (Lipinski definition) is 6. The van der Waals surface area contributed by atoms with Crippen LogP contribution in [0.15, 0.2) is 40.1 Å². The van der Waals surface area contributed by atoms with Gasteiger partial charge < -0.3 is 15.4 Å². The first kappa shape index (κ1) is 17.3. The van der Waals surface area contributed by atoms with Gasteiger partial charge in [-0.1, -0.05) is 12.1 Å². The first-order valence-electron chi connectivity index (χ1n) is 7.60. The summed E-state index contributed by atoms with van der Waals surface area (Å²) in [7, 11) is 1.46. The SMILES string of the molecule is CC(=O)O[C@@]1(c2ccccc2F)N=Cc2cc(NC=O)c(=O)n(C)c2N1. The fraction of sp³-hybridized carbons (Fsp3) is 0.176. The van der Waals surface area contributed by atoms with Crippen LogP contribution in [-0.2, 0) is 27.2 Å². The van der Waals surface area contributed by atoms with E-state index in [1.54, 1.807) is 6.07 Å². The number of halogens is 1. The highest BCUT2D eigenvalue weighted by Gasteiger charge is 2.41. The molecule has 134 valence electrons. The summed E-state index contributed by atoms with van der Waals surface area (Å²) in [4.78, 5) is 38.8. The number of aromatic nitrogens is 1. The molecular weight excluding hydrogens is 343 g/mol. The topological polar surface area (TPSA) is 102 Å². The number of ether oxygens (including phenoxy) is 1. The number of amides is 1. The van der Waals surface area contributed by atoms with E-state index in [1.165, 1.54) is 49.0 Å². The van der Waals surface area contributed by atoms with Crippen LogP contribution in [0.2, 0.25) is 0 Å². The van der Waals surface area contributed by atoms with Crippen molar-refractivity contribution >= 4 is 30.1 Å². The van der Waals surface area contributed by atoms with Crippen LogP contribution in [0.25, 0.3) is 0 Å². The number of pyridine rings is 1. The normalized spacial score (nSPS) is 17.8. The molecule has 0 bridgehead atoms. The zero-order chi connectivity index (χ0) is 18.9. The van der Waals surface area contributed by atoms with Crippen molar-refractivity contribution in [1.29, 1.82) is 0 Å². The van der Waals surface area contributed by atoms with E-state index in [1.807, 2.05) is 0 Å². The molecule has 2 heterocycles. The maximum atomic E-state index is 14.4. The predicted molar refractivity (Wildman–Crippen MR) is 92.4 cm³/mol. The molecule has 0 aliphatic carbocycles. The van der Waals surface area contributed by atoms with Gasteiger partial charge in [0.05, 0.1) is 5.56 Å². The summed E-state index contributed by atoms with van der Waals surface area (Å²) in [6, 6.07) is 7.12. The Morgan fingerprint density at radius 1 is 1.42 bits per heavy atom. The maximum absolute atomic E-state index is 14.4. The Bertz CT molecular complexity index is 985. The van der Waals surface area contributed by atoms with E-state index < -0.39 is 23.2 Å². The van der Waals surface area contributed by atoms with Crippen molar-refractivity contribution < 1.29 is 18.7 Å². The number of esters is 1. The summed E-state index contributed by atoms with van der Waals surface area (Å²) in [6.07, 6.45) is 1.73. The quantitative estimate of drug-likeness (QED) is 0.634. The standard InChI is InChI=1S/C17H15FN4O4/c1-10(24)26-17(12-5-3-4-6-13(12)18)20-8-11-7-14(19-9-23)16(25)22(2)15(11)21-17/h3-9,21H,1-2H3,(H,19,23)/t17-/m0/s1. The van der Waals surface area contributed by atoms with Gasteiger partial charge >= 0.3 is 11.8 Å². The fourth-order valence-corrected chi connectivity index (χ4v) is 2.72. The second-order valence-corrected chi connectivity index (χ2v) is 5.59. The summed E-state index contributed by atoms with van der Waals surface area (Å²) in [5.74, 6) is -2.92. The number of hydrogen-bond donors (Lipinski definition) is 2. The minimum Gasteiger partial charge on any atom is -0.414 e. The van der Waals surface area contributed by atoms with Gasteiger partial charge in [-0.2, -0.15) is 0 Å². The molecule has 1 aromatic heterocycles. The van der Waals surface area contributed by atoms with Gasteiger partial charge in [0.15, 0.2) is 0 Å². The van der Waals surface area contributed by atoms with Crippen LogP contribution in [0.3, 0.4) is 0 Å². The summed E-state index contributed by atoms with van der Waals surface area (Å²) in [5.41, 5.74) is -0.000468. The molecule has 1 aromatic carbocycles. The van der Waals surface area contributed by atoms with Crippen molar-refractivity contribution in [3.05, 3.63) is 57.6 Å². The highest BCUT2D eigenvalue weighted by atomic mass is 19.1. The molecule has 8 nitrogen and oxygen atoms in total. The van der Waals surface area contributed by atoms with E-state index in [-0.39, 0.29) is 17.1 Å². The fourth-order valence-electron chi connectivity index (χ4n) is 2.72. The van der Waals surface area contributed by atoms with Crippen molar-refractivity contribution in [1.82, 2.24) is 4.57 Å². The molecule has 2 aromatic rings. The third-order valence-corrected chi connectivity index (χ3v) is 3.86. The lowest BCUT2D eigenvalue weighted by Crippen LogP contribution is -2.43. The largest absolute Gasteiger partial charge is 0.414 e. The molecule has 0 unspecified atom stereocenters. The van der Waals surface area contributed by atoms with E-state index >= 15 is 0 Å². The number of anilines is 2. The van der Waals surface area contributed by atoms with Gasteiger partial charge in [0.2, 0.25) is 6.41 Å². The van der Waals surface area contributed by atoms with Crippen LogP contribution in [-0.4, -0.2) is 23.2 Å². The van der Waals surface area contributed by atoms with Crippen LogP contribution in [0.1, 0.15) is 18.1 Å². The maximum Gasteiger partial charge on any atom is 0.313 e. The Morgan fingerprint density at radius 2 is 2.15 bits per heavy atom. The monoisotopic (exact) mass is 358 g/mol. The number of carbonyl (C=O) groups excluding carboxylic acids is 2. The lowest BCUT2D eigenvalue weighted by atomic mass is 10.1. The lowest BCUT2D eigenvalue weighted by Gasteiger charge is -2.35. The third-order valence-electron chi connectivity index (χ3n) is 3.86. The van der Waals surface area contributed by atoms with Gasteiger partial charge in [-0.3, -0.25) is 19.0 Å². The van der Waals surface area contributed by atoms with E-state index in [9.17, 15) is 18.8 Å². The molecule has 0 saturated carbocycles. The average Bonchev–Trinajstić information content (AvgIpc) is 2.60. The van der Waals surface area contributed by atoms with Crippen LogP contribution < -0.4 is 16.2 Å². The molecule has 9 heteroatoms. The molecular formula is C17H15FN4O4. The van der Waals surface area contributed by atoms with Gasteiger partial charge in [0, 0.05) is 25.7 Å². The Kier molecular flexibility index (Phi) is 4.29. The number of nitrogens with one attached hydrogen (secondary N) is 2. The van der Waals surface area contributed by atoms with E-state index in [0.29, 0.717) is 12.0 Å². The first-order chi connectivity index (χ1) is 12.4. The Labute approximate surface area is 147 Å². The van der Waals surface area contributed by atoms with E-state index in [2.05, 4.69) is 15.6 Å². The third kappa shape index (κ3) is 2.83. The highest BCUT2D eigenvalue weighted by molar-refractivity contribution is 5.91. The van der Waals surface area contributed by atoms with Crippen molar-refractivity contribution in [3.8, 4) is 0 Å². The number of fused-ring (bicyclic) bond motifs is 1. The van der Waals surface area contributed by atoms with E-state index in [0.717, 1.165) is 0 Å². The molecule has 1 atom stereocenters. The molecule has 1 aliphatic rings. The summed E-state index contributed by atoms with van der Waals surface area (Å²) in [5, 5.41) is 5.16. The zero-order valence-electron chi connectivity index (χ0n) is 13.9. The van der Waals surface area contributed by atoms with Crippen molar-refractivity contribution in [3.63, 3.8) is 0 Å². The molecule has 3 rings (SSSR count). The number of rotatable bonds is 4. The van der Waals surface area contributed by atoms with Crippen molar-refractivity contribution in [2.45, 2.75) is 12.8 Å². The average molecular weight is 358 g/mol. The first-order valence-corrected chi connectivity index (χ1v) is 7.60. The second-order valence-electron chi connectivity index (χ2n) is 5.59. The van der Waals surface area contributed by atoms with Crippen LogP contribution >= 0.6 is 0 Å². The Hall–Kier alpha value is -3.49. The molecule has 0 radical (unpaired) electrons. The smallest absolute Gasteiger partial charge is 0.313 e. The van der Waals surface area contributed by atoms with E-state index in [4.69, 9.17) is 4.74 Å². The van der Waals surface area contributed by atoms with Gasteiger partial charge in [-0.25, -0.2) is 9.38 Å². The van der Waals surface area contributed by atoms with Crippen LogP contribution in [0.5, 0.6) is 0 Å². The number of nitrogens with zero attached hydrogens (tertiary/aromatic N) is 2. The van der Waals surface area contributed by atoms with Gasteiger partial charge in [-0.15, -0.1) is 0 Å². The summed E-state index contributed by atoms with van der Waals surface area (Å²) < 4.78 is 20.9. The predicted octanol–water partition coefficient (Wildman–Crippen LogP) is 1.31. The number of carbonyl (C=O) groups is 2. The van der Waals surface area contributed by atoms with Gasteiger partial charge in [-0.05, 0) is 18.2 Å². The molecule has 2 N–H and O–H groups in total. The highest BCUT2D eigenvalue weighted by Crippen LogP contribution is 2.35. The van der Waals surface area contributed by atoms with Crippen molar-refractivity contribution in [2.24, 2.45) is 12.0 Å². The molecule has 1 aliphatic heterocycles.